The fourth-order valence-corrected chi connectivity index (χ4v) is 7.19. The molecule has 0 aliphatic carbocycles. The number of rotatable bonds is 13. The van der Waals surface area contributed by atoms with E-state index in [1.54, 1.807) is 21.9 Å². The van der Waals surface area contributed by atoms with Crippen LogP contribution >= 0.6 is 0 Å². The summed E-state index contributed by atoms with van der Waals surface area (Å²) in [5, 5.41) is 17.8. The Morgan fingerprint density at radius 1 is 0.941 bits per heavy atom. The van der Waals surface area contributed by atoms with Crippen LogP contribution in [-0.4, -0.2) is 80.2 Å². The van der Waals surface area contributed by atoms with Crippen molar-refractivity contribution in [2.45, 2.75) is 44.4 Å². The van der Waals surface area contributed by atoms with E-state index in [-0.39, 0.29) is 30.8 Å². The summed E-state index contributed by atoms with van der Waals surface area (Å²) in [7, 11) is 0. The van der Waals surface area contributed by atoms with Crippen molar-refractivity contribution in [1.82, 2.24) is 29.1 Å². The largest absolute Gasteiger partial charge is 0.493 e. The summed E-state index contributed by atoms with van der Waals surface area (Å²) >= 11 is 0. The molecule has 2 aromatic heterocycles. The van der Waals surface area contributed by atoms with Gasteiger partial charge in [0.2, 0.25) is 0 Å². The van der Waals surface area contributed by atoms with Crippen LogP contribution in [0.15, 0.2) is 90.5 Å². The Balaban J connectivity index is 0.920. The van der Waals surface area contributed by atoms with E-state index in [9.17, 15) is 18.7 Å². The molecule has 3 aromatic carbocycles. The van der Waals surface area contributed by atoms with Gasteiger partial charge in [0, 0.05) is 61.7 Å². The molecule has 51 heavy (non-hydrogen) atoms. The smallest absolute Gasteiger partial charge is 0.350 e. The van der Waals surface area contributed by atoms with E-state index < -0.39 is 17.2 Å². The molecule has 0 amide bonds. The molecule has 2 fully saturated rings. The number of benzene rings is 3. The minimum atomic E-state index is -1.02. The number of hydrogen-bond acceptors (Lipinski definition) is 9. The van der Waals surface area contributed by atoms with Gasteiger partial charge in [-0.05, 0) is 73.9 Å². The zero-order valence-electron chi connectivity index (χ0n) is 28.5. The van der Waals surface area contributed by atoms with Crippen LogP contribution in [0.1, 0.15) is 37.8 Å². The number of piperazine rings is 1. The topological polar surface area (TPSA) is 116 Å². The molecule has 7 rings (SSSR count). The highest BCUT2D eigenvalue weighted by molar-refractivity contribution is 5.54. The summed E-state index contributed by atoms with van der Waals surface area (Å²) in [5.41, 5.74) is 2.03. The number of aliphatic hydroxyl groups is 1. The van der Waals surface area contributed by atoms with Crippen molar-refractivity contribution in [2.75, 3.05) is 55.8 Å². The van der Waals surface area contributed by atoms with Crippen LogP contribution in [0.5, 0.6) is 5.75 Å². The second kappa shape index (κ2) is 15.0. The molecule has 268 valence electrons. The van der Waals surface area contributed by atoms with Crippen LogP contribution in [-0.2, 0) is 16.9 Å². The standard InChI is InChI=1S/C37H42F2N8O4/c1-2-29(13-18-48)47-36(49)46(26-42-47)32-6-4-30(5-7-32)43-14-16-44(17-15-43)31-8-10-33(11-9-31)50-21-27-20-37(51-22-27,23-45-25-40-24-41-45)34-12-3-28(38)19-35(34)39/h3-12,19,24-27,29,48H,2,13-18,20-23H2,1H3/t27-,29+,37+/m0/s1. The molecule has 2 aliphatic heterocycles. The van der Waals surface area contributed by atoms with Gasteiger partial charge in [-0.2, -0.15) is 10.2 Å². The first-order valence-corrected chi connectivity index (χ1v) is 17.4. The average molecular weight is 701 g/mol. The molecule has 2 aliphatic rings. The van der Waals surface area contributed by atoms with Crippen LogP contribution in [0.4, 0.5) is 20.2 Å². The van der Waals surface area contributed by atoms with Gasteiger partial charge in [0.15, 0.2) is 0 Å². The molecule has 0 unspecified atom stereocenters. The van der Waals surface area contributed by atoms with E-state index in [2.05, 4.69) is 37.1 Å². The van der Waals surface area contributed by atoms with E-state index in [4.69, 9.17) is 9.47 Å². The lowest BCUT2D eigenvalue weighted by molar-refractivity contribution is -0.0206. The Morgan fingerprint density at radius 2 is 1.63 bits per heavy atom. The number of aromatic nitrogens is 6. The third-order valence-electron chi connectivity index (χ3n) is 9.95. The number of nitrogens with zero attached hydrogens (tertiary/aromatic N) is 8. The number of ether oxygens (including phenoxy) is 2. The highest BCUT2D eigenvalue weighted by Gasteiger charge is 2.44. The molecule has 14 heteroatoms. The molecule has 1 N–H and O–H groups in total. The van der Waals surface area contributed by atoms with Gasteiger partial charge >= 0.3 is 5.69 Å². The minimum absolute atomic E-state index is 0.0104. The molecular weight excluding hydrogens is 658 g/mol. The maximum atomic E-state index is 15.0. The number of halogens is 2. The summed E-state index contributed by atoms with van der Waals surface area (Å²) in [6, 6.07) is 19.5. The first kappa shape index (κ1) is 34.4. The SMILES string of the molecule is CC[C@H](CCO)n1ncn(-c2ccc(N3CCN(c4ccc(OC[C@H]5CO[C@](Cn6cncn6)(c6ccc(F)cc6F)C5)cc4)CC3)cc2)c1=O. The lowest BCUT2D eigenvalue weighted by atomic mass is 9.87. The fourth-order valence-electron chi connectivity index (χ4n) is 7.19. The van der Waals surface area contributed by atoms with Crippen LogP contribution in [0.3, 0.4) is 0 Å². The Labute approximate surface area is 294 Å². The number of aliphatic hydroxyl groups excluding tert-OH is 1. The van der Waals surface area contributed by atoms with Gasteiger partial charge in [-0.25, -0.2) is 32.5 Å². The van der Waals surface area contributed by atoms with Crippen molar-refractivity contribution in [1.29, 1.82) is 0 Å². The highest BCUT2D eigenvalue weighted by Crippen LogP contribution is 2.42. The number of hydrogen-bond donors (Lipinski definition) is 1. The summed E-state index contributed by atoms with van der Waals surface area (Å²) in [6.45, 7) is 6.40. The second-order valence-electron chi connectivity index (χ2n) is 13.2. The summed E-state index contributed by atoms with van der Waals surface area (Å²) < 4.78 is 45.7. The number of anilines is 2. The maximum Gasteiger partial charge on any atom is 0.350 e. The zero-order valence-corrected chi connectivity index (χ0v) is 28.5. The van der Waals surface area contributed by atoms with Crippen molar-refractivity contribution >= 4 is 11.4 Å². The van der Waals surface area contributed by atoms with Gasteiger partial charge in [-0.15, -0.1) is 0 Å². The quantitative estimate of drug-likeness (QED) is 0.189. The Kier molecular flexibility index (Phi) is 10.1. The van der Waals surface area contributed by atoms with Gasteiger partial charge in [0.1, 0.15) is 42.0 Å². The molecule has 0 radical (unpaired) electrons. The molecular formula is C37H42F2N8O4. The first-order valence-electron chi connectivity index (χ1n) is 17.4. The van der Waals surface area contributed by atoms with E-state index in [1.807, 2.05) is 43.3 Å². The van der Waals surface area contributed by atoms with Crippen molar-refractivity contribution in [3.63, 3.8) is 0 Å². The molecule has 12 nitrogen and oxygen atoms in total. The minimum Gasteiger partial charge on any atom is -0.493 e. The Bertz CT molecular complexity index is 1940. The molecule has 0 bridgehead atoms. The normalized spacial score (nSPS) is 19.8. The predicted octanol–water partition coefficient (Wildman–Crippen LogP) is 4.57. The first-order chi connectivity index (χ1) is 24.9. The van der Waals surface area contributed by atoms with Crippen LogP contribution < -0.4 is 20.2 Å². The van der Waals surface area contributed by atoms with Crippen molar-refractivity contribution in [2.24, 2.45) is 5.92 Å². The van der Waals surface area contributed by atoms with Gasteiger partial charge in [-0.3, -0.25) is 0 Å². The summed E-state index contributed by atoms with van der Waals surface area (Å²) in [4.78, 5) is 21.7. The molecule has 2 saturated heterocycles. The lowest BCUT2D eigenvalue weighted by Crippen LogP contribution is -2.46. The van der Waals surface area contributed by atoms with Crippen molar-refractivity contribution < 1.29 is 23.4 Å². The van der Waals surface area contributed by atoms with Gasteiger partial charge < -0.3 is 24.4 Å². The zero-order chi connectivity index (χ0) is 35.4. The van der Waals surface area contributed by atoms with E-state index >= 15 is 0 Å². The van der Waals surface area contributed by atoms with E-state index in [0.29, 0.717) is 31.6 Å². The van der Waals surface area contributed by atoms with E-state index in [0.717, 1.165) is 61.5 Å². The molecule has 3 atom stereocenters. The van der Waals surface area contributed by atoms with Crippen LogP contribution in [0.25, 0.3) is 5.69 Å². The van der Waals surface area contributed by atoms with Crippen molar-refractivity contribution in [3.05, 3.63) is 113 Å². The average Bonchev–Trinajstić information content (AvgIpc) is 3.91. The Hall–Kier alpha value is -5.08. The maximum absolute atomic E-state index is 15.0. The third kappa shape index (κ3) is 7.38. The predicted molar refractivity (Wildman–Crippen MR) is 187 cm³/mol. The Morgan fingerprint density at radius 3 is 2.25 bits per heavy atom. The van der Waals surface area contributed by atoms with Crippen molar-refractivity contribution in [3.8, 4) is 11.4 Å². The third-order valence-corrected chi connectivity index (χ3v) is 9.95. The second-order valence-corrected chi connectivity index (χ2v) is 13.2. The summed E-state index contributed by atoms with van der Waals surface area (Å²) in [6.07, 6.45) is 6.21. The molecule has 0 saturated carbocycles. The monoisotopic (exact) mass is 700 g/mol. The summed E-state index contributed by atoms with van der Waals surface area (Å²) in [5.74, 6) is -0.557. The van der Waals surface area contributed by atoms with Gasteiger partial charge in [-0.1, -0.05) is 13.0 Å². The van der Waals surface area contributed by atoms with Crippen LogP contribution in [0, 0.1) is 17.6 Å². The molecule has 5 aromatic rings. The van der Waals surface area contributed by atoms with Gasteiger partial charge in [0.25, 0.3) is 0 Å². The highest BCUT2D eigenvalue weighted by atomic mass is 19.1. The fraction of sp³-hybridized carbons (Fsp3) is 0.405. The van der Waals surface area contributed by atoms with E-state index in [1.165, 1.54) is 23.1 Å². The molecule has 4 heterocycles. The van der Waals surface area contributed by atoms with Crippen LogP contribution in [0.2, 0.25) is 0 Å². The van der Waals surface area contributed by atoms with Gasteiger partial charge in [0.05, 0.1) is 31.5 Å². The molecule has 0 spiro atoms. The lowest BCUT2D eigenvalue weighted by Gasteiger charge is -2.37.